The van der Waals surface area contributed by atoms with Crippen molar-refractivity contribution in [3.05, 3.63) is 125 Å². The Morgan fingerprint density at radius 2 is 1.48 bits per heavy atom. The number of aliphatic carboxylic acids is 1. The van der Waals surface area contributed by atoms with Crippen LogP contribution in [0.2, 0.25) is 0 Å². The summed E-state index contributed by atoms with van der Waals surface area (Å²) in [6.45, 7) is 2.13. The molecule has 0 radical (unpaired) electrons. The lowest BCUT2D eigenvalue weighted by Gasteiger charge is -2.24. The Kier molecular flexibility index (Phi) is 9.35. The van der Waals surface area contributed by atoms with E-state index in [2.05, 4.69) is 10.3 Å². The number of hydrogen-bond donors (Lipinski definition) is 2. The Morgan fingerprint density at radius 3 is 2.12 bits per heavy atom. The van der Waals surface area contributed by atoms with Gasteiger partial charge in [0.05, 0.1) is 12.5 Å². The molecule has 0 aliphatic heterocycles. The van der Waals surface area contributed by atoms with Crippen LogP contribution >= 0.6 is 0 Å². The van der Waals surface area contributed by atoms with Gasteiger partial charge in [-0.25, -0.2) is 4.39 Å². The second kappa shape index (κ2) is 13.3. The Bertz CT molecular complexity index is 1480. The minimum Gasteiger partial charge on any atom is -0.481 e. The highest BCUT2D eigenvalue weighted by atomic mass is 19.1. The van der Waals surface area contributed by atoms with Crippen LogP contribution in [0.5, 0.6) is 0 Å². The van der Waals surface area contributed by atoms with Crippen LogP contribution in [-0.2, 0) is 11.2 Å². The number of carboxylic acid groups (broad SMARTS) is 1. The summed E-state index contributed by atoms with van der Waals surface area (Å²) >= 11 is 0. The van der Waals surface area contributed by atoms with Crippen LogP contribution in [0.4, 0.5) is 4.39 Å². The van der Waals surface area contributed by atoms with E-state index >= 15 is 0 Å². The van der Waals surface area contributed by atoms with Crippen LogP contribution < -0.4 is 5.32 Å². The van der Waals surface area contributed by atoms with E-state index in [9.17, 15) is 23.9 Å². The normalized spacial score (nSPS) is 11.4. The van der Waals surface area contributed by atoms with Crippen LogP contribution in [-0.4, -0.2) is 45.9 Å². The van der Waals surface area contributed by atoms with Crippen LogP contribution in [0, 0.1) is 5.82 Å². The molecule has 0 saturated carbocycles. The van der Waals surface area contributed by atoms with Gasteiger partial charge in [0.15, 0.2) is 0 Å². The zero-order chi connectivity index (χ0) is 28.5. The van der Waals surface area contributed by atoms with Gasteiger partial charge >= 0.3 is 5.97 Å². The van der Waals surface area contributed by atoms with E-state index in [0.29, 0.717) is 28.7 Å². The summed E-state index contributed by atoms with van der Waals surface area (Å²) < 4.78 is 13.4. The fraction of sp³-hybridized carbons (Fsp3) is 0.188. The van der Waals surface area contributed by atoms with Crippen molar-refractivity contribution in [1.29, 1.82) is 0 Å². The number of benzene rings is 3. The van der Waals surface area contributed by atoms with E-state index in [4.69, 9.17) is 0 Å². The highest BCUT2D eigenvalue weighted by molar-refractivity contribution is 6.06. The van der Waals surface area contributed by atoms with Crippen molar-refractivity contribution in [3.63, 3.8) is 0 Å². The minimum absolute atomic E-state index is 0.0344. The van der Waals surface area contributed by atoms with Gasteiger partial charge in [0.1, 0.15) is 5.82 Å². The van der Waals surface area contributed by atoms with E-state index in [1.807, 2.05) is 19.1 Å². The van der Waals surface area contributed by atoms with Crippen LogP contribution in [0.3, 0.4) is 0 Å². The molecule has 3 aromatic carbocycles. The zero-order valence-corrected chi connectivity index (χ0v) is 22.1. The quantitative estimate of drug-likeness (QED) is 0.261. The van der Waals surface area contributed by atoms with Gasteiger partial charge in [-0.3, -0.25) is 19.4 Å². The number of aromatic nitrogens is 1. The predicted octanol–water partition coefficient (Wildman–Crippen LogP) is 5.54. The third-order valence-corrected chi connectivity index (χ3v) is 6.58. The first kappa shape index (κ1) is 28.2. The number of hydrogen-bond acceptors (Lipinski definition) is 4. The van der Waals surface area contributed by atoms with Crippen LogP contribution in [0.1, 0.15) is 51.4 Å². The van der Waals surface area contributed by atoms with Gasteiger partial charge < -0.3 is 15.3 Å². The van der Waals surface area contributed by atoms with Crippen molar-refractivity contribution in [2.45, 2.75) is 25.8 Å². The topological polar surface area (TPSA) is 99.6 Å². The number of amides is 2. The molecule has 2 amide bonds. The Labute approximate surface area is 232 Å². The van der Waals surface area contributed by atoms with Gasteiger partial charge in [-0.1, -0.05) is 54.6 Å². The molecule has 1 aromatic heterocycles. The smallest absolute Gasteiger partial charge is 0.305 e. The van der Waals surface area contributed by atoms with Crippen LogP contribution in [0.25, 0.3) is 11.1 Å². The van der Waals surface area contributed by atoms with E-state index in [1.54, 1.807) is 72.9 Å². The maximum absolute atomic E-state index is 13.8. The largest absolute Gasteiger partial charge is 0.481 e. The highest BCUT2D eigenvalue weighted by Gasteiger charge is 2.23. The molecule has 8 heteroatoms. The third kappa shape index (κ3) is 7.17. The van der Waals surface area contributed by atoms with Crippen molar-refractivity contribution >= 4 is 17.8 Å². The molecule has 0 aliphatic carbocycles. The molecular formula is C32H30FN3O4. The van der Waals surface area contributed by atoms with Gasteiger partial charge in [0.25, 0.3) is 11.8 Å². The van der Waals surface area contributed by atoms with Crippen LogP contribution in [0.15, 0.2) is 97.2 Å². The SMILES string of the molecule is CC(NC(=O)c1ccccc1-c1ccccc1C(=O)N(CCC(=O)O)CCc1ccccn1)c1ccc(F)cc1. The summed E-state index contributed by atoms with van der Waals surface area (Å²) in [5.74, 6) is -2.03. The Balaban J connectivity index is 1.62. The second-order valence-corrected chi connectivity index (χ2v) is 9.34. The Morgan fingerprint density at radius 1 is 0.850 bits per heavy atom. The summed E-state index contributed by atoms with van der Waals surface area (Å²) in [5, 5.41) is 12.2. The fourth-order valence-electron chi connectivity index (χ4n) is 4.44. The molecule has 0 spiro atoms. The van der Waals surface area contributed by atoms with Gasteiger partial charge in [0, 0.05) is 42.5 Å². The number of nitrogens with one attached hydrogen (secondary N) is 1. The zero-order valence-electron chi connectivity index (χ0n) is 22.1. The number of nitrogens with zero attached hydrogens (tertiary/aromatic N) is 2. The molecule has 1 heterocycles. The van der Waals surface area contributed by atoms with Gasteiger partial charge in [-0.15, -0.1) is 0 Å². The summed E-state index contributed by atoms with van der Waals surface area (Å²) in [4.78, 5) is 44.4. The number of carbonyl (C=O) groups is 3. The third-order valence-electron chi connectivity index (χ3n) is 6.58. The first-order chi connectivity index (χ1) is 19.3. The lowest BCUT2D eigenvalue weighted by atomic mass is 9.94. The standard InChI is InChI=1S/C32H30FN3O4/c1-22(23-13-15-24(33)16-14-23)35-31(39)28-11-4-2-9-26(28)27-10-3-5-12-29(27)32(40)36(21-18-30(37)38)20-17-25-8-6-7-19-34-25/h2-16,19,22H,17-18,20-21H2,1H3,(H,35,39)(H,37,38). The molecule has 2 N–H and O–H groups in total. The predicted molar refractivity (Wildman–Crippen MR) is 150 cm³/mol. The first-order valence-corrected chi connectivity index (χ1v) is 13.0. The average molecular weight is 540 g/mol. The molecule has 7 nitrogen and oxygen atoms in total. The number of carbonyl (C=O) groups excluding carboxylic acids is 2. The molecule has 1 unspecified atom stereocenters. The van der Waals surface area contributed by atoms with Crippen molar-refractivity contribution in [3.8, 4) is 11.1 Å². The van der Waals surface area contributed by atoms with Crippen molar-refractivity contribution < 1.29 is 23.9 Å². The molecule has 40 heavy (non-hydrogen) atoms. The van der Waals surface area contributed by atoms with E-state index in [0.717, 1.165) is 11.3 Å². The van der Waals surface area contributed by atoms with Crippen molar-refractivity contribution in [1.82, 2.24) is 15.2 Å². The summed E-state index contributed by atoms with van der Waals surface area (Å²) in [7, 11) is 0. The van der Waals surface area contributed by atoms with Gasteiger partial charge in [-0.2, -0.15) is 0 Å². The molecule has 1 atom stereocenters. The average Bonchev–Trinajstić information content (AvgIpc) is 2.97. The summed E-state index contributed by atoms with van der Waals surface area (Å²) in [6, 6.07) is 25.1. The highest BCUT2D eigenvalue weighted by Crippen LogP contribution is 2.29. The number of halogens is 1. The lowest BCUT2D eigenvalue weighted by molar-refractivity contribution is -0.137. The molecule has 4 rings (SSSR count). The number of rotatable bonds is 11. The molecule has 204 valence electrons. The fourth-order valence-corrected chi connectivity index (χ4v) is 4.44. The number of pyridine rings is 1. The second-order valence-electron chi connectivity index (χ2n) is 9.34. The maximum atomic E-state index is 13.8. The number of carboxylic acids is 1. The summed E-state index contributed by atoms with van der Waals surface area (Å²) in [6.07, 6.45) is 1.94. The van der Waals surface area contributed by atoms with Gasteiger partial charge in [-0.05, 0) is 60.0 Å². The van der Waals surface area contributed by atoms with Crippen molar-refractivity contribution in [2.24, 2.45) is 0 Å². The minimum atomic E-state index is -0.999. The van der Waals surface area contributed by atoms with E-state index in [1.165, 1.54) is 17.0 Å². The van der Waals surface area contributed by atoms with Crippen molar-refractivity contribution in [2.75, 3.05) is 13.1 Å². The molecular weight excluding hydrogens is 509 g/mol. The molecule has 0 saturated heterocycles. The van der Waals surface area contributed by atoms with E-state index in [-0.39, 0.29) is 43.2 Å². The summed E-state index contributed by atoms with van der Waals surface area (Å²) in [5.41, 5.74) is 3.41. The molecule has 4 aromatic rings. The first-order valence-electron chi connectivity index (χ1n) is 13.0. The van der Waals surface area contributed by atoms with Gasteiger partial charge in [0.2, 0.25) is 0 Å². The molecule has 0 aliphatic rings. The monoisotopic (exact) mass is 539 g/mol. The van der Waals surface area contributed by atoms with E-state index < -0.39 is 5.97 Å². The lowest BCUT2D eigenvalue weighted by Crippen LogP contribution is -2.35. The molecule has 0 fully saturated rings. The molecule has 0 bridgehead atoms. The maximum Gasteiger partial charge on any atom is 0.305 e. The Hall–Kier alpha value is -4.85.